The van der Waals surface area contributed by atoms with Crippen molar-refractivity contribution in [3.8, 4) is 5.88 Å². The Morgan fingerprint density at radius 1 is 1.35 bits per heavy atom. The number of aromatic nitrogens is 1. The lowest BCUT2D eigenvalue weighted by atomic mass is 9.96. The summed E-state index contributed by atoms with van der Waals surface area (Å²) in [6, 6.07) is 2.66. The molecule has 0 amide bonds. The molecule has 4 heteroatoms. The molecule has 0 aromatic carbocycles. The zero-order valence-electron chi connectivity index (χ0n) is 9.79. The van der Waals surface area contributed by atoms with Gasteiger partial charge in [-0.3, -0.25) is 0 Å². The first kappa shape index (κ1) is 11.3. The highest BCUT2D eigenvalue weighted by atomic mass is 35.5. The van der Waals surface area contributed by atoms with E-state index < -0.39 is 0 Å². The molecular weight excluding hydrogens is 236 g/mol. The van der Waals surface area contributed by atoms with Crippen LogP contribution in [-0.4, -0.2) is 17.1 Å². The summed E-state index contributed by atoms with van der Waals surface area (Å²) in [4.78, 5) is 4.30. The Morgan fingerprint density at radius 3 is 2.76 bits per heavy atom. The average Bonchev–Trinajstić information content (AvgIpc) is 3.06. The fourth-order valence-corrected chi connectivity index (χ4v) is 2.08. The third kappa shape index (κ3) is 2.90. The first-order valence-corrected chi connectivity index (χ1v) is 6.73. The van der Waals surface area contributed by atoms with E-state index in [1.807, 2.05) is 12.3 Å². The van der Waals surface area contributed by atoms with Crippen LogP contribution in [0.5, 0.6) is 5.88 Å². The maximum Gasteiger partial charge on any atom is 0.232 e. The smallest absolute Gasteiger partial charge is 0.232 e. The predicted octanol–water partition coefficient (Wildman–Crippen LogP) is 2.92. The van der Waals surface area contributed by atoms with Gasteiger partial charge in [-0.1, -0.05) is 11.6 Å². The molecule has 0 radical (unpaired) electrons. The molecule has 0 unspecified atom stereocenters. The number of halogens is 1. The van der Waals surface area contributed by atoms with Crippen molar-refractivity contribution in [2.45, 2.75) is 50.8 Å². The maximum absolute atomic E-state index is 6.17. The average molecular weight is 253 g/mol. The first-order valence-electron chi connectivity index (χ1n) is 6.36. The van der Waals surface area contributed by atoms with Crippen molar-refractivity contribution in [3.63, 3.8) is 0 Å². The van der Waals surface area contributed by atoms with Crippen LogP contribution in [0.4, 0.5) is 0 Å². The summed E-state index contributed by atoms with van der Waals surface area (Å²) in [5, 5.41) is 4.07. The summed E-state index contributed by atoms with van der Waals surface area (Å²) in [5.74, 6) is 0.589. The van der Waals surface area contributed by atoms with Crippen LogP contribution in [-0.2, 0) is 6.54 Å². The van der Waals surface area contributed by atoms with Crippen LogP contribution in [0, 0.1) is 0 Å². The van der Waals surface area contributed by atoms with Crippen molar-refractivity contribution in [1.82, 2.24) is 10.3 Å². The van der Waals surface area contributed by atoms with Crippen molar-refractivity contribution < 1.29 is 4.74 Å². The van der Waals surface area contributed by atoms with Crippen LogP contribution >= 0.6 is 11.6 Å². The first-order chi connectivity index (χ1) is 8.31. The van der Waals surface area contributed by atoms with Crippen LogP contribution in [0.2, 0.25) is 5.02 Å². The summed E-state index contributed by atoms with van der Waals surface area (Å²) in [7, 11) is 0. The zero-order valence-corrected chi connectivity index (χ0v) is 10.5. The summed E-state index contributed by atoms with van der Waals surface area (Å²) in [6.07, 6.45) is 8.29. The van der Waals surface area contributed by atoms with E-state index in [-0.39, 0.29) is 0 Å². The lowest BCUT2D eigenvalue weighted by Gasteiger charge is -2.26. The van der Waals surface area contributed by atoms with Crippen LogP contribution in [0.25, 0.3) is 0 Å². The number of ether oxygens (including phenoxy) is 1. The molecule has 2 aliphatic carbocycles. The molecule has 1 aromatic rings. The summed E-state index contributed by atoms with van der Waals surface area (Å²) < 4.78 is 5.71. The van der Waals surface area contributed by atoms with Gasteiger partial charge >= 0.3 is 0 Å². The van der Waals surface area contributed by atoms with E-state index in [9.17, 15) is 0 Å². The lowest BCUT2D eigenvalue weighted by Crippen LogP contribution is -2.25. The number of pyridine rings is 1. The van der Waals surface area contributed by atoms with Crippen molar-refractivity contribution >= 4 is 11.6 Å². The van der Waals surface area contributed by atoms with E-state index in [1.54, 1.807) is 0 Å². The molecule has 1 heterocycles. The van der Waals surface area contributed by atoms with Gasteiger partial charge < -0.3 is 10.1 Å². The molecule has 0 spiro atoms. The second-order valence-electron chi connectivity index (χ2n) is 4.96. The minimum Gasteiger partial charge on any atom is -0.473 e. The molecule has 0 saturated heterocycles. The Morgan fingerprint density at radius 2 is 2.18 bits per heavy atom. The number of rotatable bonds is 5. The molecule has 17 heavy (non-hydrogen) atoms. The highest BCUT2D eigenvalue weighted by Gasteiger charge is 2.22. The van der Waals surface area contributed by atoms with Gasteiger partial charge in [-0.2, -0.15) is 0 Å². The quantitative estimate of drug-likeness (QED) is 0.875. The van der Waals surface area contributed by atoms with Gasteiger partial charge in [0.15, 0.2) is 0 Å². The van der Waals surface area contributed by atoms with E-state index in [2.05, 4.69) is 10.3 Å². The molecule has 1 aromatic heterocycles. The Kier molecular flexibility index (Phi) is 3.21. The number of hydrogen-bond donors (Lipinski definition) is 1. The molecule has 2 saturated carbocycles. The third-order valence-electron chi connectivity index (χ3n) is 3.37. The molecule has 0 bridgehead atoms. The fourth-order valence-electron chi connectivity index (χ4n) is 1.84. The van der Waals surface area contributed by atoms with E-state index in [0.29, 0.717) is 23.0 Å². The number of hydrogen-bond acceptors (Lipinski definition) is 3. The fraction of sp³-hybridized carbons (Fsp3) is 0.615. The second kappa shape index (κ2) is 4.83. The monoisotopic (exact) mass is 252 g/mol. The zero-order chi connectivity index (χ0) is 11.7. The summed E-state index contributed by atoms with van der Waals surface area (Å²) in [5.41, 5.74) is 1.13. The van der Waals surface area contributed by atoms with Crippen LogP contribution < -0.4 is 10.1 Å². The van der Waals surface area contributed by atoms with Gasteiger partial charge in [-0.25, -0.2) is 4.98 Å². The molecule has 2 fully saturated rings. The van der Waals surface area contributed by atoms with Gasteiger partial charge in [0.1, 0.15) is 11.1 Å². The lowest BCUT2D eigenvalue weighted by molar-refractivity contribution is 0.115. The van der Waals surface area contributed by atoms with Gasteiger partial charge in [0, 0.05) is 18.8 Å². The minimum atomic E-state index is 0.329. The molecule has 0 atom stereocenters. The summed E-state index contributed by atoms with van der Waals surface area (Å²) >= 11 is 6.17. The minimum absolute atomic E-state index is 0.329. The maximum atomic E-state index is 6.17. The molecular formula is C13H17ClN2O. The van der Waals surface area contributed by atoms with Crippen molar-refractivity contribution in [1.29, 1.82) is 0 Å². The van der Waals surface area contributed by atoms with Crippen molar-refractivity contribution in [2.24, 2.45) is 0 Å². The normalized spacial score (nSPS) is 20.1. The largest absolute Gasteiger partial charge is 0.473 e. The van der Waals surface area contributed by atoms with Crippen LogP contribution in [0.3, 0.4) is 0 Å². The second-order valence-corrected chi connectivity index (χ2v) is 5.36. The van der Waals surface area contributed by atoms with Gasteiger partial charge in [-0.15, -0.1) is 0 Å². The molecule has 3 rings (SSSR count). The van der Waals surface area contributed by atoms with Gasteiger partial charge in [0.2, 0.25) is 5.88 Å². The van der Waals surface area contributed by atoms with Crippen LogP contribution in [0.15, 0.2) is 12.3 Å². The van der Waals surface area contributed by atoms with Crippen molar-refractivity contribution in [2.75, 3.05) is 0 Å². The molecule has 92 valence electrons. The van der Waals surface area contributed by atoms with E-state index in [1.165, 1.54) is 19.3 Å². The predicted molar refractivity (Wildman–Crippen MR) is 67.4 cm³/mol. The van der Waals surface area contributed by atoms with E-state index in [0.717, 1.165) is 24.9 Å². The number of nitrogens with one attached hydrogen (secondary N) is 1. The van der Waals surface area contributed by atoms with Gasteiger partial charge in [-0.05, 0) is 43.7 Å². The van der Waals surface area contributed by atoms with Crippen molar-refractivity contribution in [3.05, 3.63) is 22.8 Å². The molecule has 3 nitrogen and oxygen atoms in total. The van der Waals surface area contributed by atoms with E-state index in [4.69, 9.17) is 16.3 Å². The van der Waals surface area contributed by atoms with Gasteiger partial charge in [0.05, 0.1) is 0 Å². The summed E-state index contributed by atoms with van der Waals surface area (Å²) in [6.45, 7) is 0.848. The topological polar surface area (TPSA) is 34.2 Å². The SMILES string of the molecule is Clc1cc(CNC2CC2)cnc1OC1CCC1. The molecule has 2 aliphatic rings. The Bertz CT molecular complexity index is 402. The third-order valence-corrected chi connectivity index (χ3v) is 3.64. The number of nitrogens with zero attached hydrogens (tertiary/aromatic N) is 1. The van der Waals surface area contributed by atoms with Gasteiger partial charge in [0.25, 0.3) is 0 Å². The van der Waals surface area contributed by atoms with Crippen LogP contribution in [0.1, 0.15) is 37.7 Å². The van der Waals surface area contributed by atoms with E-state index >= 15 is 0 Å². The standard InChI is InChI=1S/C13H17ClN2O/c14-12-6-9(7-15-10-4-5-10)8-16-13(12)17-11-2-1-3-11/h6,8,10-11,15H,1-5,7H2. The Balaban J connectivity index is 1.60. The Labute approximate surface area is 107 Å². The molecule has 1 N–H and O–H groups in total. The highest BCUT2D eigenvalue weighted by molar-refractivity contribution is 6.31. The molecule has 0 aliphatic heterocycles. The Hall–Kier alpha value is -0.800. The highest BCUT2D eigenvalue weighted by Crippen LogP contribution is 2.29.